The number of nitrogens with one attached hydrogen (secondary N) is 1. The Balaban J connectivity index is 2.40. The Bertz CT molecular complexity index is 532. The zero-order valence-electron chi connectivity index (χ0n) is 12.0. The SMILES string of the molecule is CNC(=O)N(N)c1cc(N)c(F)cc1C1CC1C(C)C. The summed E-state index contributed by atoms with van der Waals surface area (Å²) >= 11 is 0. The maximum absolute atomic E-state index is 13.7. The van der Waals surface area contributed by atoms with Crippen LogP contribution < -0.4 is 21.9 Å². The lowest BCUT2D eigenvalue weighted by Gasteiger charge is -2.21. The van der Waals surface area contributed by atoms with Crippen molar-refractivity contribution in [3.8, 4) is 0 Å². The van der Waals surface area contributed by atoms with Gasteiger partial charge in [0, 0.05) is 7.05 Å². The second-order valence-corrected chi connectivity index (χ2v) is 5.61. The average molecular weight is 280 g/mol. The van der Waals surface area contributed by atoms with Crippen LogP contribution in [0, 0.1) is 17.7 Å². The van der Waals surface area contributed by atoms with Crippen molar-refractivity contribution in [3.63, 3.8) is 0 Å². The van der Waals surface area contributed by atoms with Crippen LogP contribution in [-0.2, 0) is 0 Å². The molecule has 6 heteroatoms. The third kappa shape index (κ3) is 2.56. The molecule has 2 unspecified atom stereocenters. The van der Waals surface area contributed by atoms with E-state index in [0.29, 0.717) is 17.5 Å². The van der Waals surface area contributed by atoms with Crippen molar-refractivity contribution in [1.82, 2.24) is 5.32 Å². The minimum absolute atomic E-state index is 0.00940. The molecule has 2 atom stereocenters. The van der Waals surface area contributed by atoms with E-state index >= 15 is 0 Å². The molecule has 5 nitrogen and oxygen atoms in total. The van der Waals surface area contributed by atoms with Gasteiger partial charge < -0.3 is 11.1 Å². The Morgan fingerprint density at radius 2 is 2.15 bits per heavy atom. The van der Waals surface area contributed by atoms with Gasteiger partial charge in [0.15, 0.2) is 0 Å². The number of hydrogen-bond acceptors (Lipinski definition) is 3. The van der Waals surface area contributed by atoms with Crippen LogP contribution >= 0.6 is 0 Å². The van der Waals surface area contributed by atoms with E-state index in [1.54, 1.807) is 0 Å². The summed E-state index contributed by atoms with van der Waals surface area (Å²) in [7, 11) is 1.49. The van der Waals surface area contributed by atoms with Crippen LogP contribution in [0.3, 0.4) is 0 Å². The number of rotatable bonds is 3. The van der Waals surface area contributed by atoms with Gasteiger partial charge >= 0.3 is 6.03 Å². The van der Waals surface area contributed by atoms with E-state index in [9.17, 15) is 9.18 Å². The third-order valence-electron chi connectivity index (χ3n) is 3.93. The number of nitrogen functional groups attached to an aromatic ring is 1. The normalized spacial score (nSPS) is 20.9. The molecular weight excluding hydrogens is 259 g/mol. The summed E-state index contributed by atoms with van der Waals surface area (Å²) < 4.78 is 13.7. The molecule has 20 heavy (non-hydrogen) atoms. The quantitative estimate of drug-likeness (QED) is 0.343. The summed E-state index contributed by atoms with van der Waals surface area (Å²) in [6, 6.07) is 2.37. The number of amides is 2. The molecule has 0 heterocycles. The predicted molar refractivity (Wildman–Crippen MR) is 77.6 cm³/mol. The molecule has 1 saturated carbocycles. The summed E-state index contributed by atoms with van der Waals surface area (Å²) in [4.78, 5) is 11.7. The van der Waals surface area contributed by atoms with Gasteiger partial charge in [0.25, 0.3) is 0 Å². The molecule has 1 aliphatic rings. The highest BCUT2D eigenvalue weighted by atomic mass is 19.1. The number of urea groups is 1. The Hall–Kier alpha value is -1.82. The Kier molecular flexibility index (Phi) is 3.85. The number of carbonyl (C=O) groups is 1. The zero-order chi connectivity index (χ0) is 15.0. The van der Waals surface area contributed by atoms with Crippen LogP contribution in [0.4, 0.5) is 20.6 Å². The summed E-state index contributed by atoms with van der Waals surface area (Å²) in [5.74, 6) is 6.57. The Morgan fingerprint density at radius 3 is 2.65 bits per heavy atom. The number of nitrogens with zero attached hydrogens (tertiary/aromatic N) is 1. The summed E-state index contributed by atoms with van der Waals surface area (Å²) in [6.45, 7) is 4.27. The number of benzene rings is 1. The standard InChI is InChI=1S/C14H21FN4O/c1-7(2)8-4-9(8)10-5-11(15)12(16)6-13(10)19(17)14(20)18-3/h5-9H,4,16-17H2,1-3H3,(H,18,20). The molecule has 1 aromatic rings. The largest absolute Gasteiger partial charge is 0.396 e. The molecule has 0 saturated heterocycles. The van der Waals surface area contributed by atoms with Crippen molar-refractivity contribution in [2.75, 3.05) is 17.8 Å². The van der Waals surface area contributed by atoms with E-state index in [4.69, 9.17) is 11.6 Å². The van der Waals surface area contributed by atoms with Gasteiger partial charge in [-0.05, 0) is 41.9 Å². The second kappa shape index (κ2) is 5.28. The van der Waals surface area contributed by atoms with E-state index in [2.05, 4.69) is 19.2 Å². The Labute approximate surface area is 118 Å². The van der Waals surface area contributed by atoms with Gasteiger partial charge in [0.1, 0.15) is 5.82 Å². The molecule has 1 aliphatic carbocycles. The number of carbonyl (C=O) groups excluding carboxylic acids is 1. The van der Waals surface area contributed by atoms with Gasteiger partial charge in [-0.15, -0.1) is 0 Å². The lowest BCUT2D eigenvalue weighted by atomic mass is 10.0. The van der Waals surface area contributed by atoms with E-state index < -0.39 is 11.8 Å². The maximum Gasteiger partial charge on any atom is 0.336 e. The predicted octanol–water partition coefficient (Wildman–Crippen LogP) is 2.19. The van der Waals surface area contributed by atoms with Crippen molar-refractivity contribution in [2.24, 2.45) is 17.7 Å². The van der Waals surface area contributed by atoms with Gasteiger partial charge in [0.05, 0.1) is 11.4 Å². The fourth-order valence-corrected chi connectivity index (χ4v) is 2.64. The lowest BCUT2D eigenvalue weighted by molar-refractivity contribution is 0.248. The molecule has 2 amide bonds. The van der Waals surface area contributed by atoms with Crippen molar-refractivity contribution in [2.45, 2.75) is 26.2 Å². The molecule has 2 rings (SSSR count). The molecule has 0 aliphatic heterocycles. The fourth-order valence-electron chi connectivity index (χ4n) is 2.64. The fraction of sp³-hybridized carbons (Fsp3) is 0.500. The summed E-state index contributed by atoms with van der Waals surface area (Å²) in [5, 5.41) is 3.43. The van der Waals surface area contributed by atoms with Gasteiger partial charge in [-0.25, -0.2) is 20.0 Å². The van der Waals surface area contributed by atoms with Gasteiger partial charge in [-0.1, -0.05) is 13.8 Å². The van der Waals surface area contributed by atoms with Gasteiger partial charge in [-0.3, -0.25) is 0 Å². The highest BCUT2D eigenvalue weighted by molar-refractivity contribution is 5.92. The molecule has 0 aromatic heterocycles. The van der Waals surface area contributed by atoms with E-state index in [1.807, 2.05) is 0 Å². The highest BCUT2D eigenvalue weighted by Gasteiger charge is 2.42. The molecule has 0 bridgehead atoms. The van der Waals surface area contributed by atoms with Crippen molar-refractivity contribution in [1.29, 1.82) is 0 Å². The van der Waals surface area contributed by atoms with Crippen LogP contribution in [-0.4, -0.2) is 13.1 Å². The van der Waals surface area contributed by atoms with Crippen LogP contribution in [0.2, 0.25) is 0 Å². The molecule has 1 aromatic carbocycles. The number of nitrogens with two attached hydrogens (primary N) is 2. The average Bonchev–Trinajstić information content (AvgIpc) is 3.20. The van der Waals surface area contributed by atoms with Crippen molar-refractivity contribution < 1.29 is 9.18 Å². The first-order chi connectivity index (χ1) is 9.36. The van der Waals surface area contributed by atoms with Crippen molar-refractivity contribution >= 4 is 17.4 Å². The second-order valence-electron chi connectivity index (χ2n) is 5.61. The van der Waals surface area contributed by atoms with Crippen LogP contribution in [0.5, 0.6) is 0 Å². The number of anilines is 2. The first-order valence-corrected chi connectivity index (χ1v) is 6.72. The summed E-state index contributed by atoms with van der Waals surface area (Å²) in [6.07, 6.45) is 0.982. The van der Waals surface area contributed by atoms with Crippen LogP contribution in [0.15, 0.2) is 12.1 Å². The molecule has 1 fully saturated rings. The third-order valence-corrected chi connectivity index (χ3v) is 3.93. The zero-order valence-corrected chi connectivity index (χ0v) is 12.0. The topological polar surface area (TPSA) is 84.4 Å². The van der Waals surface area contributed by atoms with Crippen LogP contribution in [0.25, 0.3) is 0 Å². The molecule has 110 valence electrons. The number of hydrazine groups is 1. The monoisotopic (exact) mass is 280 g/mol. The minimum atomic E-state index is -0.469. The van der Waals surface area contributed by atoms with E-state index in [1.165, 1.54) is 19.2 Å². The molecule has 5 N–H and O–H groups in total. The maximum atomic E-state index is 13.7. The first kappa shape index (κ1) is 14.6. The van der Waals surface area contributed by atoms with Gasteiger partial charge in [0.2, 0.25) is 0 Å². The first-order valence-electron chi connectivity index (χ1n) is 6.72. The Morgan fingerprint density at radius 1 is 1.50 bits per heavy atom. The van der Waals surface area contributed by atoms with E-state index in [0.717, 1.165) is 17.0 Å². The molecular formula is C14H21FN4O. The van der Waals surface area contributed by atoms with Crippen molar-refractivity contribution in [3.05, 3.63) is 23.5 Å². The van der Waals surface area contributed by atoms with Crippen LogP contribution in [0.1, 0.15) is 31.7 Å². The van der Waals surface area contributed by atoms with E-state index in [-0.39, 0.29) is 11.6 Å². The molecule has 0 spiro atoms. The summed E-state index contributed by atoms with van der Waals surface area (Å²) in [5.41, 5.74) is 6.81. The van der Waals surface area contributed by atoms with Gasteiger partial charge in [-0.2, -0.15) is 0 Å². The highest BCUT2D eigenvalue weighted by Crippen LogP contribution is 2.54. The number of halogens is 1. The smallest absolute Gasteiger partial charge is 0.336 e. The minimum Gasteiger partial charge on any atom is -0.396 e. The number of hydrogen-bond donors (Lipinski definition) is 3. The lowest BCUT2D eigenvalue weighted by Crippen LogP contribution is -2.44. The molecule has 0 radical (unpaired) electrons.